The molecule has 7 heteroatoms. The molecule has 2 N–H and O–H groups in total. The lowest BCUT2D eigenvalue weighted by Gasteiger charge is -2.28. The average molecular weight is 396 g/mol. The molecule has 1 aliphatic carbocycles. The number of nitrogens with one attached hydrogen (secondary N) is 2. The van der Waals surface area contributed by atoms with Gasteiger partial charge in [0.1, 0.15) is 0 Å². The molecule has 1 aromatic carbocycles. The van der Waals surface area contributed by atoms with Crippen LogP contribution in [0.15, 0.2) is 18.2 Å². The minimum absolute atomic E-state index is 0.201. The van der Waals surface area contributed by atoms with Crippen molar-refractivity contribution in [1.29, 1.82) is 0 Å². The van der Waals surface area contributed by atoms with E-state index < -0.39 is 10.0 Å². The first-order valence-electron chi connectivity index (χ1n) is 9.81. The number of hydrogen-bond donors (Lipinski definition) is 2. The van der Waals surface area contributed by atoms with Crippen LogP contribution in [0.2, 0.25) is 0 Å². The Morgan fingerprint density at radius 3 is 2.48 bits per heavy atom. The van der Waals surface area contributed by atoms with Crippen molar-refractivity contribution in [2.24, 2.45) is 0 Å². The smallest absolute Gasteiger partial charge is 0.315 e. The highest BCUT2D eigenvalue weighted by Gasteiger charge is 2.23. The molecule has 0 aliphatic heterocycles. The Morgan fingerprint density at radius 2 is 1.89 bits per heavy atom. The monoisotopic (exact) mass is 395 g/mol. The quantitative estimate of drug-likeness (QED) is 0.741. The molecule has 0 unspecified atom stereocenters. The second-order valence-corrected chi connectivity index (χ2v) is 9.64. The maximum atomic E-state index is 12.4. The molecule has 1 aromatic rings. The summed E-state index contributed by atoms with van der Waals surface area (Å²) < 4.78 is 26.3. The summed E-state index contributed by atoms with van der Waals surface area (Å²) in [7, 11) is -3.46. The Morgan fingerprint density at radius 1 is 1.22 bits per heavy atom. The topological polar surface area (TPSA) is 78.5 Å². The maximum Gasteiger partial charge on any atom is 0.315 e. The molecule has 1 saturated carbocycles. The molecule has 0 aromatic heterocycles. The van der Waals surface area contributed by atoms with Gasteiger partial charge in [-0.2, -0.15) is 0 Å². The van der Waals surface area contributed by atoms with E-state index in [9.17, 15) is 13.2 Å². The summed E-state index contributed by atoms with van der Waals surface area (Å²) in [5.41, 5.74) is 2.63. The molecule has 6 nitrogen and oxygen atoms in total. The van der Waals surface area contributed by atoms with Crippen LogP contribution in [0, 0.1) is 6.92 Å². The highest BCUT2D eigenvalue weighted by molar-refractivity contribution is 7.92. The third kappa shape index (κ3) is 6.13. The number of nitrogens with zero attached hydrogens (tertiary/aromatic N) is 1. The molecular weight excluding hydrogens is 362 g/mol. The van der Waals surface area contributed by atoms with Crippen molar-refractivity contribution in [3.8, 4) is 0 Å². The van der Waals surface area contributed by atoms with Crippen LogP contribution in [0.1, 0.15) is 63.0 Å². The minimum Gasteiger partial charge on any atom is -0.336 e. The van der Waals surface area contributed by atoms with Gasteiger partial charge in [-0.05, 0) is 36.8 Å². The van der Waals surface area contributed by atoms with Gasteiger partial charge in [0.2, 0.25) is 10.0 Å². The van der Waals surface area contributed by atoms with E-state index in [0.29, 0.717) is 0 Å². The largest absolute Gasteiger partial charge is 0.336 e. The first kappa shape index (κ1) is 21.5. The number of amides is 2. The van der Waals surface area contributed by atoms with Crippen molar-refractivity contribution in [2.75, 3.05) is 23.7 Å². The van der Waals surface area contributed by atoms with Crippen LogP contribution in [0.25, 0.3) is 0 Å². The molecule has 152 valence electrons. The van der Waals surface area contributed by atoms with E-state index in [1.165, 1.54) is 17.0 Å². The highest BCUT2D eigenvalue weighted by Crippen LogP contribution is 2.32. The van der Waals surface area contributed by atoms with Crippen LogP contribution in [0.4, 0.5) is 10.5 Å². The summed E-state index contributed by atoms with van der Waals surface area (Å²) in [5, 5.41) is 5.81. The third-order valence-electron chi connectivity index (χ3n) is 5.08. The Hall–Kier alpha value is -1.76. The Labute approximate surface area is 163 Å². The molecule has 0 spiro atoms. The molecule has 2 rings (SSSR count). The number of hydrogen-bond acceptors (Lipinski definition) is 3. The van der Waals surface area contributed by atoms with Crippen LogP contribution in [0.3, 0.4) is 0 Å². The fourth-order valence-corrected chi connectivity index (χ4v) is 4.69. The number of anilines is 1. The predicted octanol–water partition coefficient (Wildman–Crippen LogP) is 3.52. The van der Waals surface area contributed by atoms with E-state index in [1.807, 2.05) is 25.1 Å². The first-order valence-corrected chi connectivity index (χ1v) is 11.7. The van der Waals surface area contributed by atoms with E-state index in [4.69, 9.17) is 0 Å². The Bertz CT molecular complexity index is 741. The minimum atomic E-state index is -3.46. The van der Waals surface area contributed by atoms with E-state index in [-0.39, 0.29) is 31.1 Å². The van der Waals surface area contributed by atoms with Crippen LogP contribution in [-0.4, -0.2) is 39.8 Å². The molecule has 27 heavy (non-hydrogen) atoms. The zero-order valence-electron chi connectivity index (χ0n) is 16.9. The van der Waals surface area contributed by atoms with Gasteiger partial charge in [0.25, 0.3) is 0 Å². The van der Waals surface area contributed by atoms with Gasteiger partial charge >= 0.3 is 6.03 Å². The Balaban J connectivity index is 2.05. The molecule has 0 heterocycles. The molecule has 0 saturated heterocycles. The molecule has 0 bridgehead atoms. The number of sulfonamides is 1. The zero-order chi connectivity index (χ0) is 20.0. The van der Waals surface area contributed by atoms with Gasteiger partial charge in [-0.25, -0.2) is 13.2 Å². The lowest BCUT2D eigenvalue weighted by atomic mass is 9.96. The predicted molar refractivity (Wildman–Crippen MR) is 111 cm³/mol. The van der Waals surface area contributed by atoms with E-state index in [2.05, 4.69) is 24.5 Å². The van der Waals surface area contributed by atoms with Crippen molar-refractivity contribution in [3.05, 3.63) is 29.3 Å². The molecular formula is C20H33N3O3S. The summed E-state index contributed by atoms with van der Waals surface area (Å²) >= 11 is 0. The fraction of sp³-hybridized carbons (Fsp3) is 0.650. The number of urea groups is 1. The first-order chi connectivity index (χ1) is 12.7. The van der Waals surface area contributed by atoms with Gasteiger partial charge in [0.15, 0.2) is 0 Å². The fourth-order valence-electron chi connectivity index (χ4n) is 3.69. The van der Waals surface area contributed by atoms with Crippen molar-refractivity contribution < 1.29 is 13.2 Å². The molecule has 2 amide bonds. The van der Waals surface area contributed by atoms with E-state index in [1.54, 1.807) is 0 Å². The molecule has 1 aliphatic rings. The maximum absolute atomic E-state index is 12.4. The number of para-hydroxylation sites is 1. The second kappa shape index (κ2) is 9.44. The number of benzene rings is 1. The Kier molecular flexibility index (Phi) is 7.53. The second-order valence-electron chi connectivity index (χ2n) is 7.74. The summed E-state index contributed by atoms with van der Waals surface area (Å²) in [4.78, 5) is 12.1. The van der Waals surface area contributed by atoms with Crippen molar-refractivity contribution in [2.45, 2.75) is 64.8 Å². The SMILES string of the molecule is Cc1cccc(C(C)C)c1N(CCNC(=O)NC1CCCCC1)S(C)(=O)=O. The lowest BCUT2D eigenvalue weighted by Crippen LogP contribution is -2.46. The van der Waals surface area contributed by atoms with Crippen LogP contribution < -0.4 is 14.9 Å². The molecule has 0 radical (unpaired) electrons. The summed E-state index contributed by atoms with van der Waals surface area (Å²) in [6.45, 7) is 6.49. The van der Waals surface area contributed by atoms with Crippen LogP contribution >= 0.6 is 0 Å². The summed E-state index contributed by atoms with van der Waals surface area (Å²) in [6, 6.07) is 5.85. The van der Waals surface area contributed by atoms with E-state index in [0.717, 1.165) is 42.5 Å². The van der Waals surface area contributed by atoms with Gasteiger partial charge in [-0.15, -0.1) is 0 Å². The van der Waals surface area contributed by atoms with Gasteiger partial charge in [-0.3, -0.25) is 4.31 Å². The number of carbonyl (C=O) groups excluding carboxylic acids is 1. The zero-order valence-corrected chi connectivity index (χ0v) is 17.7. The summed E-state index contributed by atoms with van der Waals surface area (Å²) in [6.07, 6.45) is 6.78. The molecule has 1 fully saturated rings. The van der Waals surface area contributed by atoms with Crippen LogP contribution in [-0.2, 0) is 10.0 Å². The average Bonchev–Trinajstić information content (AvgIpc) is 2.59. The number of carbonyl (C=O) groups is 1. The van der Waals surface area contributed by atoms with Gasteiger partial charge in [0, 0.05) is 12.6 Å². The number of aryl methyl sites for hydroxylation is 1. The number of rotatable bonds is 7. The van der Waals surface area contributed by atoms with E-state index >= 15 is 0 Å². The van der Waals surface area contributed by atoms with Gasteiger partial charge < -0.3 is 10.6 Å². The highest BCUT2D eigenvalue weighted by atomic mass is 32.2. The van der Waals surface area contributed by atoms with Crippen molar-refractivity contribution in [3.63, 3.8) is 0 Å². The molecule has 0 atom stereocenters. The van der Waals surface area contributed by atoms with Crippen molar-refractivity contribution >= 4 is 21.7 Å². The van der Waals surface area contributed by atoms with Gasteiger partial charge in [-0.1, -0.05) is 51.3 Å². The van der Waals surface area contributed by atoms with Crippen molar-refractivity contribution in [1.82, 2.24) is 10.6 Å². The standard InChI is InChI=1S/C20H33N3O3S/c1-15(2)18-12-8-9-16(3)19(18)23(27(4,25)26)14-13-21-20(24)22-17-10-6-5-7-11-17/h8-9,12,15,17H,5-7,10-11,13-14H2,1-4H3,(H2,21,22,24). The van der Waals surface area contributed by atoms with Gasteiger partial charge in [0.05, 0.1) is 18.5 Å². The summed E-state index contributed by atoms with van der Waals surface area (Å²) in [5.74, 6) is 0.201. The lowest BCUT2D eigenvalue weighted by molar-refractivity contribution is 0.233. The normalized spacial score (nSPS) is 15.6. The third-order valence-corrected chi connectivity index (χ3v) is 6.25. The van der Waals surface area contributed by atoms with Crippen LogP contribution in [0.5, 0.6) is 0 Å².